The SMILES string of the molecule is CC(C)(C)[Si](C)(C)OCC12C=CC(CO[Si](C)(C)C(C)(C)C)(CC(OS(=O)(=O)C(F)(F)F)=C1)O2. The number of rotatable bonds is 8. The van der Waals surface area contributed by atoms with Crippen LogP contribution in [0.2, 0.25) is 36.3 Å². The van der Waals surface area contributed by atoms with E-state index in [0.29, 0.717) is 0 Å². The van der Waals surface area contributed by atoms with Gasteiger partial charge in [0, 0.05) is 6.42 Å². The monoisotopic (exact) mass is 544 g/mol. The lowest BCUT2D eigenvalue weighted by atomic mass is 9.97. The Morgan fingerprint density at radius 1 is 0.912 bits per heavy atom. The third-order valence-corrected chi connectivity index (χ3v) is 17.3. The highest BCUT2D eigenvalue weighted by atomic mass is 32.2. The van der Waals surface area contributed by atoms with Crippen molar-refractivity contribution in [3.63, 3.8) is 0 Å². The van der Waals surface area contributed by atoms with E-state index in [2.05, 4.69) is 58.8 Å². The van der Waals surface area contributed by atoms with E-state index in [1.807, 2.05) is 13.1 Å². The molecule has 0 amide bonds. The molecular weight excluding hydrogens is 505 g/mol. The predicted molar refractivity (Wildman–Crippen MR) is 131 cm³/mol. The molecule has 2 unspecified atom stereocenters. The molecule has 2 atom stereocenters. The summed E-state index contributed by atoms with van der Waals surface area (Å²) >= 11 is 0. The lowest BCUT2D eigenvalue weighted by Crippen LogP contribution is -2.52. The van der Waals surface area contributed by atoms with Crippen molar-refractivity contribution < 1.29 is 39.4 Å². The largest absolute Gasteiger partial charge is 0.534 e. The van der Waals surface area contributed by atoms with Gasteiger partial charge in [-0.25, -0.2) is 0 Å². The van der Waals surface area contributed by atoms with E-state index in [4.69, 9.17) is 13.6 Å². The van der Waals surface area contributed by atoms with Gasteiger partial charge in [0.15, 0.2) is 16.6 Å². The van der Waals surface area contributed by atoms with Crippen LogP contribution in [0, 0.1) is 0 Å². The number of alkyl halides is 3. The van der Waals surface area contributed by atoms with Gasteiger partial charge in [0.25, 0.3) is 0 Å². The van der Waals surface area contributed by atoms with Crippen LogP contribution >= 0.6 is 0 Å². The van der Waals surface area contributed by atoms with Gasteiger partial charge in [-0.1, -0.05) is 47.6 Å². The molecule has 0 saturated carbocycles. The van der Waals surface area contributed by atoms with Crippen LogP contribution in [0.4, 0.5) is 13.2 Å². The Morgan fingerprint density at radius 2 is 1.38 bits per heavy atom. The van der Waals surface area contributed by atoms with Gasteiger partial charge in [-0.05, 0) is 48.4 Å². The maximum atomic E-state index is 13.0. The Hall–Kier alpha value is -0.666. The summed E-state index contributed by atoms with van der Waals surface area (Å²) in [5, 5.41) is -0.205. The van der Waals surface area contributed by atoms with Gasteiger partial charge in [-0.3, -0.25) is 0 Å². The highest BCUT2D eigenvalue weighted by Crippen LogP contribution is 2.47. The van der Waals surface area contributed by atoms with E-state index in [1.165, 1.54) is 6.08 Å². The highest BCUT2D eigenvalue weighted by molar-refractivity contribution is 7.87. The molecule has 2 aliphatic heterocycles. The van der Waals surface area contributed by atoms with Crippen LogP contribution in [0.1, 0.15) is 48.0 Å². The first-order valence-corrected chi connectivity index (χ1v) is 18.5. The molecule has 2 heterocycles. The van der Waals surface area contributed by atoms with Gasteiger partial charge in [0.2, 0.25) is 0 Å². The molecule has 34 heavy (non-hydrogen) atoms. The second-order valence-electron chi connectivity index (χ2n) is 12.3. The van der Waals surface area contributed by atoms with Gasteiger partial charge in [-0.2, -0.15) is 21.6 Å². The maximum absolute atomic E-state index is 13.0. The summed E-state index contributed by atoms with van der Waals surface area (Å²) in [6.45, 7) is 20.7. The lowest BCUT2D eigenvalue weighted by Gasteiger charge is -2.44. The molecule has 198 valence electrons. The third-order valence-electron chi connectivity index (χ3n) is 7.39. The molecule has 6 nitrogen and oxygen atoms in total. The fraction of sp³-hybridized carbons (Fsp3) is 0.818. The summed E-state index contributed by atoms with van der Waals surface area (Å²) in [7, 11) is -10.3. The fourth-order valence-corrected chi connectivity index (χ4v) is 5.59. The molecule has 0 aromatic carbocycles. The molecule has 0 aromatic heterocycles. The highest BCUT2D eigenvalue weighted by Gasteiger charge is 2.54. The van der Waals surface area contributed by atoms with E-state index in [1.54, 1.807) is 12.2 Å². The molecule has 0 aliphatic carbocycles. The standard InChI is InChI=1S/C22H39F3O6SSi2/c1-18(2,3)33(7,8)28-15-20-11-12-21(31-20,16-29-34(9,10)19(4,5)6)14-17(13-20)30-32(26,27)22(23,24)25/h11-13H,14-16H2,1-10H3. The second kappa shape index (κ2) is 8.72. The van der Waals surface area contributed by atoms with Crippen molar-refractivity contribution in [2.45, 2.75) is 101 Å². The first-order chi connectivity index (χ1) is 14.9. The topological polar surface area (TPSA) is 71.1 Å². The van der Waals surface area contributed by atoms with Crippen LogP contribution in [-0.2, 0) is 27.9 Å². The average molecular weight is 545 g/mol. The number of hydrogen-bond acceptors (Lipinski definition) is 6. The number of hydrogen-bond donors (Lipinski definition) is 0. The van der Waals surface area contributed by atoms with E-state index in [-0.39, 0.29) is 35.5 Å². The summed E-state index contributed by atoms with van der Waals surface area (Å²) in [6, 6.07) is 0. The van der Waals surface area contributed by atoms with Crippen molar-refractivity contribution in [2.24, 2.45) is 0 Å². The van der Waals surface area contributed by atoms with Crippen LogP contribution < -0.4 is 0 Å². The molecule has 0 fully saturated rings. The first-order valence-electron chi connectivity index (χ1n) is 11.3. The minimum atomic E-state index is -5.82. The van der Waals surface area contributed by atoms with Crippen molar-refractivity contribution >= 4 is 26.8 Å². The smallest absolute Gasteiger partial charge is 0.414 e. The van der Waals surface area contributed by atoms with Crippen LogP contribution in [0.25, 0.3) is 0 Å². The van der Waals surface area contributed by atoms with Gasteiger partial charge in [0.1, 0.15) is 17.0 Å². The Balaban J connectivity index is 2.38. The minimum absolute atomic E-state index is 0.0285. The molecule has 0 aromatic rings. The van der Waals surface area contributed by atoms with E-state index < -0.39 is 43.5 Å². The summed E-state index contributed by atoms with van der Waals surface area (Å²) < 4.78 is 86.2. The van der Waals surface area contributed by atoms with Crippen LogP contribution in [0.15, 0.2) is 24.0 Å². The zero-order chi connectivity index (χ0) is 26.6. The Kier molecular flexibility index (Phi) is 7.58. The first kappa shape index (κ1) is 29.6. The fourth-order valence-electron chi connectivity index (χ4n) is 3.05. The van der Waals surface area contributed by atoms with Crippen molar-refractivity contribution in [1.82, 2.24) is 0 Å². The van der Waals surface area contributed by atoms with Crippen molar-refractivity contribution in [3.8, 4) is 0 Å². The summed E-state index contributed by atoms with van der Waals surface area (Å²) in [5.41, 5.74) is -7.94. The molecule has 2 rings (SSSR count). The quantitative estimate of drug-likeness (QED) is 0.156. The van der Waals surface area contributed by atoms with Crippen molar-refractivity contribution in [3.05, 3.63) is 24.0 Å². The zero-order valence-electron chi connectivity index (χ0n) is 21.8. The molecule has 12 heteroatoms. The third kappa shape index (κ3) is 6.17. The number of halogens is 3. The Morgan fingerprint density at radius 3 is 1.82 bits per heavy atom. The molecule has 0 N–H and O–H groups in total. The lowest BCUT2D eigenvalue weighted by molar-refractivity contribution is -0.116. The number of ether oxygens (including phenoxy) is 1. The summed E-state index contributed by atoms with van der Waals surface area (Å²) in [4.78, 5) is 0. The minimum Gasteiger partial charge on any atom is -0.414 e. The van der Waals surface area contributed by atoms with Crippen LogP contribution in [-0.4, -0.2) is 55.0 Å². The van der Waals surface area contributed by atoms with Gasteiger partial charge in [0.05, 0.1) is 13.2 Å². The molecule has 0 saturated heterocycles. The number of fused-ring (bicyclic) bond motifs is 2. The maximum Gasteiger partial charge on any atom is 0.534 e. The molecular formula is C22H39F3O6SSi2. The molecule has 0 spiro atoms. The Bertz CT molecular complexity index is 945. The van der Waals surface area contributed by atoms with Crippen LogP contribution in [0.5, 0.6) is 0 Å². The van der Waals surface area contributed by atoms with Crippen LogP contribution in [0.3, 0.4) is 0 Å². The Labute approximate surface area is 204 Å². The summed E-state index contributed by atoms with van der Waals surface area (Å²) in [5.74, 6) is -0.328. The molecule has 2 bridgehead atoms. The van der Waals surface area contributed by atoms with E-state index in [0.717, 1.165) is 0 Å². The normalized spacial score (nSPS) is 26.6. The zero-order valence-corrected chi connectivity index (χ0v) is 24.7. The van der Waals surface area contributed by atoms with Gasteiger partial charge in [-0.15, -0.1) is 0 Å². The van der Waals surface area contributed by atoms with Gasteiger partial charge < -0.3 is 17.8 Å². The summed E-state index contributed by atoms with van der Waals surface area (Å²) in [6.07, 6.45) is 4.54. The molecule has 0 radical (unpaired) electrons. The van der Waals surface area contributed by atoms with Crippen molar-refractivity contribution in [2.75, 3.05) is 13.2 Å². The predicted octanol–water partition coefficient (Wildman–Crippen LogP) is 6.25. The van der Waals surface area contributed by atoms with E-state index >= 15 is 0 Å². The van der Waals surface area contributed by atoms with E-state index in [9.17, 15) is 21.6 Å². The van der Waals surface area contributed by atoms with Gasteiger partial charge >= 0.3 is 15.6 Å². The second-order valence-corrected chi connectivity index (χ2v) is 23.5. The average Bonchev–Trinajstić information content (AvgIpc) is 2.87. The van der Waals surface area contributed by atoms with Crippen molar-refractivity contribution in [1.29, 1.82) is 0 Å². The molecule has 2 aliphatic rings.